The molecule has 3 aliphatic heterocycles. The first-order valence-corrected chi connectivity index (χ1v) is 18.0. The van der Waals surface area contributed by atoms with Gasteiger partial charge in [-0.05, 0) is 56.5 Å². The molecule has 3 saturated heterocycles. The summed E-state index contributed by atoms with van der Waals surface area (Å²) in [5.41, 5.74) is 3.68. The number of carbonyl (C=O) groups excluding carboxylic acids is 2. The predicted molar refractivity (Wildman–Crippen MR) is 191 cm³/mol. The average molecular weight is 700 g/mol. The summed E-state index contributed by atoms with van der Waals surface area (Å²) in [6.07, 6.45) is 5.04. The molecule has 8 rings (SSSR count). The van der Waals surface area contributed by atoms with E-state index in [9.17, 15) is 14.4 Å². The monoisotopic (exact) mass is 699 g/mol. The molecular formula is C36H42ClN9O4. The van der Waals surface area contributed by atoms with Crippen LogP contribution >= 0.6 is 11.6 Å². The van der Waals surface area contributed by atoms with E-state index in [0.717, 1.165) is 77.4 Å². The molecule has 3 aromatic heterocycles. The van der Waals surface area contributed by atoms with E-state index in [-0.39, 0.29) is 24.1 Å². The van der Waals surface area contributed by atoms with Gasteiger partial charge in [0.1, 0.15) is 0 Å². The first-order chi connectivity index (χ1) is 24.3. The minimum absolute atomic E-state index is 0.105. The Labute approximate surface area is 294 Å². The number of likely N-dealkylation sites (N-methyl/N-ethyl adjacent to an activating group) is 1. The van der Waals surface area contributed by atoms with Gasteiger partial charge >= 0.3 is 11.8 Å². The molecule has 0 bridgehead atoms. The minimum Gasteiger partial charge on any atom is -0.436 e. The van der Waals surface area contributed by atoms with Crippen LogP contribution in [0.2, 0.25) is 5.02 Å². The molecule has 0 aliphatic carbocycles. The van der Waals surface area contributed by atoms with Crippen molar-refractivity contribution >= 4 is 56.4 Å². The van der Waals surface area contributed by atoms with Crippen molar-refractivity contribution in [3.63, 3.8) is 0 Å². The Bertz CT molecular complexity index is 2090. The highest BCUT2D eigenvalue weighted by molar-refractivity contribution is 6.35. The van der Waals surface area contributed by atoms with Gasteiger partial charge in [0.2, 0.25) is 0 Å². The summed E-state index contributed by atoms with van der Waals surface area (Å²) in [4.78, 5) is 57.0. The zero-order valence-corrected chi connectivity index (χ0v) is 28.9. The van der Waals surface area contributed by atoms with Crippen LogP contribution in [-0.2, 0) is 16.0 Å². The van der Waals surface area contributed by atoms with E-state index in [2.05, 4.69) is 37.0 Å². The molecule has 2 amide bonds. The van der Waals surface area contributed by atoms with Crippen LogP contribution in [0, 0.1) is 0 Å². The number of aromatic nitrogens is 5. The molecule has 2 aromatic carbocycles. The zero-order valence-electron chi connectivity index (χ0n) is 28.2. The summed E-state index contributed by atoms with van der Waals surface area (Å²) in [5.74, 6) is -0.182. The maximum Gasteiger partial charge on any atom is 0.410 e. The fourth-order valence-corrected chi connectivity index (χ4v) is 8.30. The molecule has 0 radical (unpaired) electrons. The maximum atomic E-state index is 14.1. The van der Waals surface area contributed by atoms with Crippen molar-refractivity contribution < 1.29 is 14.3 Å². The number of ether oxygens (including phenoxy) is 1. The summed E-state index contributed by atoms with van der Waals surface area (Å²) >= 11 is 6.55. The number of imidazole rings is 1. The molecule has 0 saturated carbocycles. The molecule has 50 heavy (non-hydrogen) atoms. The van der Waals surface area contributed by atoms with E-state index in [1.54, 1.807) is 27.9 Å². The van der Waals surface area contributed by atoms with E-state index in [1.807, 2.05) is 35.2 Å². The van der Waals surface area contributed by atoms with Crippen LogP contribution in [0.3, 0.4) is 0 Å². The molecule has 14 heteroatoms. The van der Waals surface area contributed by atoms with E-state index in [4.69, 9.17) is 16.3 Å². The fourth-order valence-electron chi connectivity index (χ4n) is 8.01. The van der Waals surface area contributed by atoms with Crippen LogP contribution < -0.4 is 5.69 Å². The maximum absolute atomic E-state index is 14.1. The number of carbonyl (C=O) groups is 2. The van der Waals surface area contributed by atoms with Gasteiger partial charge in [0, 0.05) is 81.6 Å². The molecule has 3 aliphatic rings. The second-order valence-electron chi connectivity index (χ2n) is 13.9. The number of H-pyrrole nitrogens is 2. The minimum atomic E-state index is -1.00. The molecular weight excluding hydrogens is 658 g/mol. The molecule has 3 fully saturated rings. The highest BCUT2D eigenvalue weighted by Crippen LogP contribution is 2.29. The number of piperidine rings is 2. The van der Waals surface area contributed by atoms with Gasteiger partial charge < -0.3 is 24.4 Å². The standard InChI is InChI=1S/C36H42ClN9O4/c1-42-14-16-43(17-15-42)25-6-10-44(11-7-25)34(47)31(20-23-18-24-21-39-41-32(24)28(37)19-23)50-36(49)45-12-8-26(9-13-45)46-30-22-38-29-5-3-2-4-27(29)33(30)40-35(46)48/h2-5,18-19,21-22,25-26,31H,6-17,20H2,1H3,(H,39,41)(H,40,48). The van der Waals surface area contributed by atoms with Gasteiger partial charge in [0.25, 0.3) is 5.91 Å². The van der Waals surface area contributed by atoms with Crippen LogP contribution in [0.25, 0.3) is 32.8 Å². The first kappa shape index (κ1) is 32.7. The van der Waals surface area contributed by atoms with Crippen molar-refractivity contribution in [2.45, 2.75) is 50.3 Å². The van der Waals surface area contributed by atoms with Crippen LogP contribution in [0.15, 0.2) is 53.6 Å². The largest absolute Gasteiger partial charge is 0.436 e. The number of halogens is 1. The molecule has 1 atom stereocenters. The molecule has 262 valence electrons. The summed E-state index contributed by atoms with van der Waals surface area (Å²) < 4.78 is 7.86. The third kappa shape index (κ3) is 6.33. The summed E-state index contributed by atoms with van der Waals surface area (Å²) in [6, 6.07) is 11.8. The Hall–Kier alpha value is -4.46. The van der Waals surface area contributed by atoms with Gasteiger partial charge in [-0.2, -0.15) is 5.10 Å². The van der Waals surface area contributed by atoms with Crippen molar-refractivity contribution in [3.8, 4) is 0 Å². The van der Waals surface area contributed by atoms with Gasteiger partial charge in [0.05, 0.1) is 39.5 Å². The SMILES string of the molecule is CN1CCN(C2CCN(C(=O)C(Cc3cc(Cl)c4[nH]ncc4c3)OC(=O)N3CCC(n4c(=O)[nH]c5c6ccccc6ncc54)CC3)CC2)CC1. The number of aromatic amines is 2. The Morgan fingerprint density at radius 2 is 1.64 bits per heavy atom. The summed E-state index contributed by atoms with van der Waals surface area (Å²) in [7, 11) is 2.16. The molecule has 2 N–H and O–H groups in total. The molecule has 5 aromatic rings. The van der Waals surface area contributed by atoms with Gasteiger partial charge in [-0.25, -0.2) is 9.59 Å². The van der Waals surface area contributed by atoms with Crippen molar-refractivity contribution in [1.29, 1.82) is 0 Å². The van der Waals surface area contributed by atoms with Gasteiger partial charge in [-0.1, -0.05) is 29.8 Å². The third-order valence-corrected chi connectivity index (χ3v) is 11.2. The van der Waals surface area contributed by atoms with Crippen LogP contribution in [0.5, 0.6) is 0 Å². The Balaban J connectivity index is 0.961. The van der Waals surface area contributed by atoms with Gasteiger partial charge in [-0.3, -0.25) is 24.3 Å². The number of fused-ring (bicyclic) bond motifs is 4. The number of nitrogens with zero attached hydrogens (tertiary/aromatic N) is 7. The van der Waals surface area contributed by atoms with E-state index < -0.39 is 12.2 Å². The Morgan fingerprint density at radius 3 is 2.42 bits per heavy atom. The van der Waals surface area contributed by atoms with Gasteiger partial charge in [0.15, 0.2) is 6.10 Å². The Morgan fingerprint density at radius 1 is 0.920 bits per heavy atom. The summed E-state index contributed by atoms with van der Waals surface area (Å²) in [6.45, 7) is 6.26. The average Bonchev–Trinajstić information content (AvgIpc) is 3.76. The van der Waals surface area contributed by atoms with Crippen LogP contribution in [0.1, 0.15) is 37.3 Å². The number of para-hydroxylation sites is 1. The lowest BCUT2D eigenvalue weighted by molar-refractivity contribution is -0.142. The predicted octanol–water partition coefficient (Wildman–Crippen LogP) is 4.03. The lowest BCUT2D eigenvalue weighted by atomic mass is 10.00. The smallest absolute Gasteiger partial charge is 0.410 e. The first-order valence-electron chi connectivity index (χ1n) is 17.6. The lowest BCUT2D eigenvalue weighted by Crippen LogP contribution is -2.54. The number of likely N-dealkylation sites (tertiary alicyclic amines) is 2. The normalized spacial score (nSPS) is 19.5. The van der Waals surface area contributed by atoms with E-state index in [1.165, 1.54) is 0 Å². The van der Waals surface area contributed by atoms with Crippen LogP contribution in [-0.4, -0.2) is 128 Å². The third-order valence-electron chi connectivity index (χ3n) is 10.9. The van der Waals surface area contributed by atoms with Crippen molar-refractivity contribution in [1.82, 2.24) is 44.3 Å². The lowest BCUT2D eigenvalue weighted by Gasteiger charge is -2.42. The fraction of sp³-hybridized carbons (Fsp3) is 0.472. The Kier molecular flexibility index (Phi) is 8.96. The number of nitrogens with one attached hydrogen (secondary N) is 2. The number of amides is 2. The number of piperazine rings is 1. The number of rotatable bonds is 6. The molecule has 0 spiro atoms. The second-order valence-corrected chi connectivity index (χ2v) is 14.3. The summed E-state index contributed by atoms with van der Waals surface area (Å²) in [5, 5.41) is 9.23. The zero-order chi connectivity index (χ0) is 34.4. The van der Waals surface area contributed by atoms with E-state index >= 15 is 0 Å². The number of hydrogen-bond acceptors (Lipinski definition) is 8. The number of hydrogen-bond donors (Lipinski definition) is 2. The second kappa shape index (κ2) is 13.7. The van der Waals surface area contributed by atoms with Crippen molar-refractivity contribution in [3.05, 3.63) is 69.9 Å². The molecule has 13 nitrogen and oxygen atoms in total. The molecule has 1 unspecified atom stereocenters. The highest BCUT2D eigenvalue weighted by Gasteiger charge is 2.35. The number of pyridine rings is 1. The highest BCUT2D eigenvalue weighted by atomic mass is 35.5. The van der Waals surface area contributed by atoms with Gasteiger partial charge in [-0.15, -0.1) is 0 Å². The van der Waals surface area contributed by atoms with Crippen molar-refractivity contribution in [2.75, 3.05) is 59.4 Å². The topological polar surface area (TPSA) is 136 Å². The quantitative estimate of drug-likeness (QED) is 0.271. The van der Waals surface area contributed by atoms with Crippen LogP contribution in [0.4, 0.5) is 4.79 Å². The molecule has 6 heterocycles. The number of benzene rings is 2. The van der Waals surface area contributed by atoms with E-state index in [0.29, 0.717) is 50.1 Å². The van der Waals surface area contributed by atoms with Crippen molar-refractivity contribution in [2.24, 2.45) is 0 Å².